The summed E-state index contributed by atoms with van der Waals surface area (Å²) in [5, 5.41) is 2.71. The second kappa shape index (κ2) is 8.20. The Bertz CT molecular complexity index is 2110. The van der Waals surface area contributed by atoms with Crippen LogP contribution in [0, 0.1) is 0 Å². The molecule has 3 aliphatic rings. The molecule has 2 aliphatic carbocycles. The predicted octanol–water partition coefficient (Wildman–Crippen LogP) is 9.22. The monoisotopic (exact) mass is 529 g/mol. The van der Waals surface area contributed by atoms with Crippen molar-refractivity contribution in [2.24, 2.45) is 0 Å². The van der Waals surface area contributed by atoms with E-state index in [2.05, 4.69) is 119 Å². The summed E-state index contributed by atoms with van der Waals surface area (Å²) in [6.07, 6.45) is 15.5. The van der Waals surface area contributed by atoms with Crippen LogP contribution in [0.3, 0.4) is 0 Å². The van der Waals surface area contributed by atoms with Crippen LogP contribution in [0.4, 0.5) is 0 Å². The number of pyridine rings is 1. The first-order valence-corrected chi connectivity index (χ1v) is 14.8. The van der Waals surface area contributed by atoms with Gasteiger partial charge in [0.2, 0.25) is 0 Å². The summed E-state index contributed by atoms with van der Waals surface area (Å²) < 4.78 is 5.00. The van der Waals surface area contributed by atoms with Crippen molar-refractivity contribution in [3.63, 3.8) is 0 Å². The van der Waals surface area contributed by atoms with Gasteiger partial charge < -0.3 is 9.13 Å². The van der Waals surface area contributed by atoms with Crippen molar-refractivity contribution in [2.75, 3.05) is 0 Å². The van der Waals surface area contributed by atoms with E-state index in [0.29, 0.717) is 0 Å². The summed E-state index contributed by atoms with van der Waals surface area (Å²) in [5.74, 6) is 0. The Hall–Kier alpha value is -4.63. The summed E-state index contributed by atoms with van der Waals surface area (Å²) >= 11 is 0. The number of aromatic nitrogens is 3. The number of nitrogens with zero attached hydrogens (tertiary/aromatic N) is 3. The Labute approximate surface area is 240 Å². The zero-order valence-corrected chi connectivity index (χ0v) is 23.5. The molecule has 6 aromatic rings. The molecule has 0 saturated heterocycles. The summed E-state index contributed by atoms with van der Waals surface area (Å²) in [4.78, 5) is 4.55. The Morgan fingerprint density at radius 1 is 0.756 bits per heavy atom. The molecular formula is C38H31N3. The van der Waals surface area contributed by atoms with E-state index >= 15 is 0 Å². The van der Waals surface area contributed by atoms with Crippen molar-refractivity contribution in [1.82, 2.24) is 14.1 Å². The molecule has 3 nitrogen and oxygen atoms in total. The normalized spacial score (nSPS) is 16.4. The molecule has 3 aromatic heterocycles. The maximum atomic E-state index is 4.55. The van der Waals surface area contributed by atoms with E-state index in [4.69, 9.17) is 0 Å². The number of hydrogen-bond acceptors (Lipinski definition) is 1. The van der Waals surface area contributed by atoms with Gasteiger partial charge in [-0.05, 0) is 95.5 Å². The third-order valence-corrected chi connectivity index (χ3v) is 9.76. The summed E-state index contributed by atoms with van der Waals surface area (Å²) in [6, 6.07) is 27.1. The maximum Gasteiger partial charge on any atom is 0.0721 e. The number of rotatable bonds is 2. The van der Waals surface area contributed by atoms with Crippen molar-refractivity contribution < 1.29 is 0 Å². The number of benzene rings is 3. The van der Waals surface area contributed by atoms with Gasteiger partial charge in [0.05, 0.1) is 28.6 Å². The Morgan fingerprint density at radius 2 is 1.61 bits per heavy atom. The van der Waals surface area contributed by atoms with Crippen LogP contribution in [-0.4, -0.2) is 14.1 Å². The number of hydrogen-bond donors (Lipinski definition) is 0. The second-order valence-corrected chi connectivity index (χ2v) is 12.3. The molecule has 198 valence electrons. The largest absolute Gasteiger partial charge is 0.310 e. The molecule has 41 heavy (non-hydrogen) atoms. The van der Waals surface area contributed by atoms with E-state index < -0.39 is 0 Å². The number of allylic oxidation sites excluding steroid dienone is 3. The van der Waals surface area contributed by atoms with Crippen LogP contribution in [0.25, 0.3) is 56.0 Å². The molecule has 0 N–H and O–H groups in total. The molecule has 0 amide bonds. The highest BCUT2D eigenvalue weighted by Gasteiger charge is 2.40. The lowest BCUT2D eigenvalue weighted by Gasteiger charge is -2.39. The van der Waals surface area contributed by atoms with E-state index in [0.717, 1.165) is 25.7 Å². The molecule has 0 atom stereocenters. The highest BCUT2D eigenvalue weighted by molar-refractivity contribution is 5.97. The summed E-state index contributed by atoms with van der Waals surface area (Å²) in [6.45, 7) is 4.82. The fourth-order valence-electron chi connectivity index (χ4n) is 7.82. The van der Waals surface area contributed by atoms with Crippen LogP contribution < -0.4 is 0 Å². The molecule has 0 saturated carbocycles. The predicted molar refractivity (Wildman–Crippen MR) is 170 cm³/mol. The highest BCUT2D eigenvalue weighted by atomic mass is 15.0. The van der Waals surface area contributed by atoms with Crippen LogP contribution >= 0.6 is 0 Å². The minimum absolute atomic E-state index is 0.105. The van der Waals surface area contributed by atoms with Gasteiger partial charge in [0, 0.05) is 33.8 Å². The molecule has 0 unspecified atom stereocenters. The van der Waals surface area contributed by atoms with Crippen LogP contribution in [0.1, 0.15) is 54.8 Å². The third kappa shape index (κ3) is 3.06. The Morgan fingerprint density at radius 3 is 2.51 bits per heavy atom. The maximum absolute atomic E-state index is 4.55. The van der Waals surface area contributed by atoms with E-state index in [1.165, 1.54) is 78.0 Å². The lowest BCUT2D eigenvalue weighted by molar-refractivity contribution is 0.653. The van der Waals surface area contributed by atoms with Crippen molar-refractivity contribution >= 4 is 33.5 Å². The van der Waals surface area contributed by atoms with Gasteiger partial charge in [-0.2, -0.15) is 0 Å². The molecule has 1 aliphatic heterocycles. The standard InChI is InChI=1S/C38H31N3/c1-38(2)31-13-8-12-30-29-19-20-39-23-36(29)41(37(30)31)34-18-16-26(22-32(34)38)40-33-14-7-6-11-27(33)28-17-15-25(21-35(28)40)24-9-4-3-5-10-24/h3-5,7,9-10,13-23H,6,8,11-12H2,1-2H3. The number of aryl methyl sites for hydroxylation is 2. The lowest BCUT2D eigenvalue weighted by Crippen LogP contribution is -2.29. The SMILES string of the molecule is CC1(C)C2=CCCc3c2n(c2cnccc32)-c2ccc(-n3c4c(c5ccc(-c6ccccc6)cc53)CCC=C4)cc21. The first-order valence-electron chi connectivity index (χ1n) is 14.8. The first-order chi connectivity index (χ1) is 20.1. The molecular weight excluding hydrogens is 498 g/mol. The van der Waals surface area contributed by atoms with Crippen LogP contribution in [0.15, 0.2) is 97.3 Å². The minimum atomic E-state index is -0.105. The minimum Gasteiger partial charge on any atom is -0.310 e. The molecule has 0 spiro atoms. The average molecular weight is 530 g/mol. The lowest BCUT2D eigenvalue weighted by atomic mass is 9.70. The molecule has 0 radical (unpaired) electrons. The summed E-state index contributed by atoms with van der Waals surface area (Å²) in [7, 11) is 0. The zero-order chi connectivity index (χ0) is 27.3. The molecule has 3 heteroatoms. The molecule has 4 heterocycles. The third-order valence-electron chi connectivity index (χ3n) is 9.76. The van der Waals surface area contributed by atoms with Gasteiger partial charge in [0.1, 0.15) is 0 Å². The average Bonchev–Trinajstić information content (AvgIpc) is 3.53. The van der Waals surface area contributed by atoms with Gasteiger partial charge >= 0.3 is 0 Å². The summed E-state index contributed by atoms with van der Waals surface area (Å²) in [5.41, 5.74) is 15.9. The number of fused-ring (bicyclic) bond motifs is 8. The van der Waals surface area contributed by atoms with Crippen LogP contribution in [0.5, 0.6) is 0 Å². The first kappa shape index (κ1) is 23.1. The van der Waals surface area contributed by atoms with Gasteiger partial charge in [0.25, 0.3) is 0 Å². The van der Waals surface area contributed by atoms with Crippen LogP contribution in [0.2, 0.25) is 0 Å². The van der Waals surface area contributed by atoms with Gasteiger partial charge in [0.15, 0.2) is 0 Å². The van der Waals surface area contributed by atoms with Crippen LogP contribution in [-0.2, 0) is 18.3 Å². The molecule has 9 rings (SSSR count). The quantitative estimate of drug-likeness (QED) is 0.219. The second-order valence-electron chi connectivity index (χ2n) is 12.3. The van der Waals surface area contributed by atoms with E-state index in [-0.39, 0.29) is 5.41 Å². The van der Waals surface area contributed by atoms with E-state index in [1.54, 1.807) is 0 Å². The van der Waals surface area contributed by atoms with E-state index in [1.807, 2.05) is 12.4 Å². The van der Waals surface area contributed by atoms with Gasteiger partial charge in [-0.1, -0.05) is 68.5 Å². The fraction of sp³-hybridized carbons (Fsp3) is 0.184. The Kier molecular flexibility index (Phi) is 4.62. The van der Waals surface area contributed by atoms with Crippen molar-refractivity contribution in [2.45, 2.75) is 44.9 Å². The van der Waals surface area contributed by atoms with Gasteiger partial charge in [-0.3, -0.25) is 4.98 Å². The van der Waals surface area contributed by atoms with E-state index in [9.17, 15) is 0 Å². The fourth-order valence-corrected chi connectivity index (χ4v) is 7.82. The molecule has 0 fully saturated rings. The molecule has 3 aromatic carbocycles. The van der Waals surface area contributed by atoms with Gasteiger partial charge in [-0.25, -0.2) is 0 Å². The Balaban J connectivity index is 1.33. The smallest absolute Gasteiger partial charge is 0.0721 e. The zero-order valence-electron chi connectivity index (χ0n) is 23.5. The van der Waals surface area contributed by atoms with Gasteiger partial charge in [-0.15, -0.1) is 0 Å². The highest BCUT2D eigenvalue weighted by Crippen LogP contribution is 2.52. The van der Waals surface area contributed by atoms with Crippen molar-refractivity contribution in [3.8, 4) is 22.5 Å². The topological polar surface area (TPSA) is 22.8 Å². The van der Waals surface area contributed by atoms with Crippen molar-refractivity contribution in [3.05, 3.63) is 125 Å². The molecule has 0 bridgehead atoms. The van der Waals surface area contributed by atoms with Crippen molar-refractivity contribution in [1.29, 1.82) is 0 Å².